The number of nitrogens with zero attached hydrogens (tertiary/aromatic N) is 2. The molecule has 0 atom stereocenters. The molecule has 1 aromatic heterocycles. The van der Waals surface area contributed by atoms with Crippen LogP contribution < -0.4 is 4.74 Å². The topological polar surface area (TPSA) is 94.6 Å². The number of aryl methyl sites for hydroxylation is 1. The summed E-state index contributed by atoms with van der Waals surface area (Å²) in [6, 6.07) is 6.07. The molecule has 21 heavy (non-hydrogen) atoms. The fourth-order valence-corrected chi connectivity index (χ4v) is 2.16. The van der Waals surface area contributed by atoms with E-state index in [1.807, 2.05) is 0 Å². The van der Waals surface area contributed by atoms with E-state index in [2.05, 4.69) is 0 Å². The number of hydrogen-bond donors (Lipinski definition) is 1. The molecular formula is C14H14N2O5. The lowest BCUT2D eigenvalue weighted by molar-refractivity contribution is -0.385. The second kappa shape index (κ2) is 5.66. The second-order valence-electron chi connectivity index (χ2n) is 4.58. The van der Waals surface area contributed by atoms with Gasteiger partial charge >= 0.3 is 5.97 Å². The van der Waals surface area contributed by atoms with Gasteiger partial charge in [-0.1, -0.05) is 0 Å². The largest absolute Gasteiger partial charge is 0.496 e. The molecule has 0 aliphatic rings. The molecule has 2 aromatic rings. The zero-order valence-electron chi connectivity index (χ0n) is 11.6. The molecule has 0 amide bonds. The first-order valence-corrected chi connectivity index (χ1v) is 6.13. The fourth-order valence-electron chi connectivity index (χ4n) is 2.16. The number of carbonyl (C=O) groups is 1. The Morgan fingerprint density at radius 3 is 2.71 bits per heavy atom. The smallest absolute Gasteiger partial charge is 0.352 e. The zero-order chi connectivity index (χ0) is 15.6. The Morgan fingerprint density at radius 2 is 2.14 bits per heavy atom. The van der Waals surface area contributed by atoms with Crippen LogP contribution in [-0.4, -0.2) is 27.7 Å². The van der Waals surface area contributed by atoms with Crippen molar-refractivity contribution in [2.75, 3.05) is 7.11 Å². The number of nitro groups is 1. The van der Waals surface area contributed by atoms with Gasteiger partial charge in [0.1, 0.15) is 11.4 Å². The van der Waals surface area contributed by atoms with Gasteiger partial charge in [0.2, 0.25) is 0 Å². The number of hydrogen-bond acceptors (Lipinski definition) is 4. The van der Waals surface area contributed by atoms with Crippen molar-refractivity contribution in [3.8, 4) is 5.75 Å². The highest BCUT2D eigenvalue weighted by atomic mass is 16.6. The van der Waals surface area contributed by atoms with Crippen molar-refractivity contribution in [2.45, 2.75) is 13.5 Å². The van der Waals surface area contributed by atoms with Gasteiger partial charge in [0.05, 0.1) is 18.1 Å². The summed E-state index contributed by atoms with van der Waals surface area (Å²) in [6.45, 7) is 1.92. The molecule has 0 unspecified atom stereocenters. The minimum Gasteiger partial charge on any atom is -0.496 e. The first-order valence-electron chi connectivity index (χ1n) is 6.13. The molecule has 0 aliphatic heterocycles. The maximum absolute atomic E-state index is 11.2. The van der Waals surface area contributed by atoms with E-state index < -0.39 is 10.9 Å². The van der Waals surface area contributed by atoms with Crippen LogP contribution in [0, 0.1) is 17.0 Å². The number of methoxy groups -OCH3 is 1. The van der Waals surface area contributed by atoms with Gasteiger partial charge in [0.25, 0.3) is 5.69 Å². The number of non-ortho nitro benzene ring substituents is 1. The maximum Gasteiger partial charge on any atom is 0.352 e. The van der Waals surface area contributed by atoms with E-state index in [1.54, 1.807) is 25.3 Å². The average Bonchev–Trinajstić information content (AvgIpc) is 2.79. The summed E-state index contributed by atoms with van der Waals surface area (Å²) in [7, 11) is 1.42. The number of ether oxygens (including phenoxy) is 1. The van der Waals surface area contributed by atoms with Gasteiger partial charge in [-0.05, 0) is 30.2 Å². The van der Waals surface area contributed by atoms with E-state index in [0.29, 0.717) is 16.9 Å². The number of carboxylic acid groups (broad SMARTS) is 1. The van der Waals surface area contributed by atoms with E-state index in [9.17, 15) is 20.0 Å². The lowest BCUT2D eigenvalue weighted by Crippen LogP contribution is -2.10. The highest BCUT2D eigenvalue weighted by molar-refractivity contribution is 5.87. The molecule has 1 aromatic carbocycles. The number of rotatable bonds is 5. The Kier molecular flexibility index (Phi) is 3.93. The molecule has 0 saturated carbocycles. The van der Waals surface area contributed by atoms with Crippen molar-refractivity contribution in [3.63, 3.8) is 0 Å². The van der Waals surface area contributed by atoms with Gasteiger partial charge in [0, 0.05) is 18.8 Å². The van der Waals surface area contributed by atoms with Gasteiger partial charge < -0.3 is 14.4 Å². The van der Waals surface area contributed by atoms with Gasteiger partial charge in [-0.2, -0.15) is 0 Å². The van der Waals surface area contributed by atoms with Crippen LogP contribution in [0.1, 0.15) is 21.6 Å². The van der Waals surface area contributed by atoms with Crippen LogP contribution in [-0.2, 0) is 6.54 Å². The van der Waals surface area contributed by atoms with E-state index in [4.69, 9.17) is 4.74 Å². The first-order chi connectivity index (χ1) is 9.92. The lowest BCUT2D eigenvalue weighted by Gasteiger charge is -2.09. The normalized spacial score (nSPS) is 10.4. The van der Waals surface area contributed by atoms with Crippen LogP contribution in [0.4, 0.5) is 5.69 Å². The van der Waals surface area contributed by atoms with Crippen molar-refractivity contribution in [2.24, 2.45) is 0 Å². The SMILES string of the molecule is COc1cc(Cn2ccc(C)c2C(=O)O)cc([N+](=O)[O-])c1. The Hall–Kier alpha value is -2.83. The third kappa shape index (κ3) is 3.02. The Bertz CT molecular complexity index is 705. The highest BCUT2D eigenvalue weighted by Gasteiger charge is 2.15. The van der Waals surface area contributed by atoms with Crippen molar-refractivity contribution >= 4 is 11.7 Å². The molecule has 0 fully saturated rings. The summed E-state index contributed by atoms with van der Waals surface area (Å²) < 4.78 is 6.57. The number of nitro benzene ring substituents is 1. The molecule has 0 bridgehead atoms. The molecule has 7 nitrogen and oxygen atoms in total. The monoisotopic (exact) mass is 290 g/mol. The van der Waals surface area contributed by atoms with E-state index >= 15 is 0 Å². The summed E-state index contributed by atoms with van der Waals surface area (Å²) in [6.07, 6.45) is 1.64. The Balaban J connectivity index is 2.42. The van der Waals surface area contributed by atoms with Crippen LogP contribution in [0.15, 0.2) is 30.5 Å². The van der Waals surface area contributed by atoms with E-state index in [0.717, 1.165) is 0 Å². The average molecular weight is 290 g/mol. The molecule has 0 aliphatic carbocycles. The Labute approximate surface area is 120 Å². The predicted octanol–water partition coefficient (Wildman–Crippen LogP) is 2.46. The third-order valence-electron chi connectivity index (χ3n) is 3.12. The molecule has 110 valence electrons. The van der Waals surface area contributed by atoms with Crippen molar-refractivity contribution < 1.29 is 19.6 Å². The fraction of sp³-hybridized carbons (Fsp3) is 0.214. The summed E-state index contributed by atoms with van der Waals surface area (Å²) >= 11 is 0. The molecular weight excluding hydrogens is 276 g/mol. The summed E-state index contributed by atoms with van der Waals surface area (Å²) in [4.78, 5) is 21.6. The molecule has 7 heteroatoms. The van der Waals surface area contributed by atoms with E-state index in [1.165, 1.54) is 23.8 Å². The minimum absolute atomic E-state index is 0.0925. The molecule has 0 saturated heterocycles. The van der Waals surface area contributed by atoms with Crippen molar-refractivity contribution in [3.05, 3.63) is 57.4 Å². The van der Waals surface area contributed by atoms with Gasteiger partial charge in [-0.15, -0.1) is 0 Å². The van der Waals surface area contributed by atoms with Gasteiger partial charge in [-0.3, -0.25) is 10.1 Å². The quantitative estimate of drug-likeness (QED) is 0.674. The maximum atomic E-state index is 11.2. The number of aromatic carboxylic acids is 1. The van der Waals surface area contributed by atoms with Gasteiger partial charge in [-0.25, -0.2) is 4.79 Å². The second-order valence-corrected chi connectivity index (χ2v) is 4.58. The van der Waals surface area contributed by atoms with E-state index in [-0.39, 0.29) is 17.9 Å². The lowest BCUT2D eigenvalue weighted by atomic mass is 10.2. The summed E-state index contributed by atoms with van der Waals surface area (Å²) in [5, 5.41) is 20.1. The number of aromatic nitrogens is 1. The van der Waals surface area contributed by atoms with Gasteiger partial charge in [0.15, 0.2) is 0 Å². The number of carboxylic acids is 1. The van der Waals surface area contributed by atoms with Crippen molar-refractivity contribution in [1.82, 2.24) is 4.57 Å². The predicted molar refractivity (Wildman–Crippen MR) is 74.9 cm³/mol. The zero-order valence-corrected chi connectivity index (χ0v) is 11.6. The summed E-state index contributed by atoms with van der Waals surface area (Å²) in [5.74, 6) is -0.671. The van der Waals surface area contributed by atoms with Crippen LogP contribution in [0.2, 0.25) is 0 Å². The van der Waals surface area contributed by atoms with Crippen LogP contribution in [0.3, 0.4) is 0 Å². The molecule has 0 spiro atoms. The molecule has 1 N–H and O–H groups in total. The Morgan fingerprint density at radius 1 is 1.43 bits per heavy atom. The summed E-state index contributed by atoms with van der Waals surface area (Å²) in [5.41, 5.74) is 1.31. The van der Waals surface area contributed by atoms with Crippen LogP contribution >= 0.6 is 0 Å². The molecule has 0 radical (unpaired) electrons. The van der Waals surface area contributed by atoms with Crippen LogP contribution in [0.25, 0.3) is 0 Å². The standard InChI is InChI=1S/C14H14N2O5/c1-9-3-4-15(13(9)14(17)18)8-10-5-11(16(19)20)7-12(6-10)21-2/h3-7H,8H2,1-2H3,(H,17,18). The third-order valence-corrected chi connectivity index (χ3v) is 3.12. The minimum atomic E-state index is -1.03. The highest BCUT2D eigenvalue weighted by Crippen LogP contribution is 2.24. The molecule has 1 heterocycles. The van der Waals surface area contributed by atoms with Crippen molar-refractivity contribution in [1.29, 1.82) is 0 Å². The number of benzene rings is 1. The first kappa shape index (κ1) is 14.6. The van der Waals surface area contributed by atoms with Crippen LogP contribution in [0.5, 0.6) is 5.75 Å². The molecule has 2 rings (SSSR count).